The van der Waals surface area contributed by atoms with Crippen LogP contribution in [-0.2, 0) is 16.1 Å². The van der Waals surface area contributed by atoms with Gasteiger partial charge >= 0.3 is 0 Å². The van der Waals surface area contributed by atoms with E-state index in [4.69, 9.17) is 9.47 Å². The van der Waals surface area contributed by atoms with Crippen LogP contribution in [0.1, 0.15) is 11.3 Å². The number of carbonyl (C=O) groups is 1. The highest BCUT2D eigenvalue weighted by atomic mass is 35.5. The van der Waals surface area contributed by atoms with Crippen LogP contribution in [0.4, 0.5) is 5.69 Å². The van der Waals surface area contributed by atoms with Crippen molar-refractivity contribution in [3.05, 3.63) is 65.9 Å². The van der Waals surface area contributed by atoms with Crippen molar-refractivity contribution in [3.8, 4) is 5.75 Å². The van der Waals surface area contributed by atoms with Crippen LogP contribution >= 0.6 is 12.4 Å². The number of anilines is 1. The third kappa shape index (κ3) is 5.69. The molecule has 0 saturated carbocycles. The molecule has 1 aliphatic rings. The minimum absolute atomic E-state index is 0. The van der Waals surface area contributed by atoms with Gasteiger partial charge in [-0.05, 0) is 36.8 Å². The molecule has 2 heterocycles. The summed E-state index contributed by atoms with van der Waals surface area (Å²) >= 11 is 0. The number of aryl methyl sites for hydroxylation is 1. The third-order valence-corrected chi connectivity index (χ3v) is 4.94. The number of amides is 1. The normalized spacial score (nSPS) is 14.2. The maximum Gasteiger partial charge on any atom is 0.262 e. The lowest BCUT2D eigenvalue weighted by Crippen LogP contribution is -2.35. The van der Waals surface area contributed by atoms with Crippen molar-refractivity contribution < 1.29 is 14.3 Å². The van der Waals surface area contributed by atoms with Crippen molar-refractivity contribution in [2.75, 3.05) is 38.2 Å². The topological polar surface area (TPSA) is 63.7 Å². The fourth-order valence-electron chi connectivity index (χ4n) is 3.39. The molecule has 0 unspecified atom stereocenters. The minimum atomic E-state index is -0.210. The molecule has 1 aliphatic heterocycles. The number of benzene rings is 2. The second-order valence-corrected chi connectivity index (χ2v) is 7.20. The predicted octanol–water partition coefficient (Wildman–Crippen LogP) is 3.81. The van der Waals surface area contributed by atoms with Crippen molar-refractivity contribution in [1.82, 2.24) is 9.88 Å². The highest BCUT2D eigenvalue weighted by Gasteiger charge is 2.11. The Morgan fingerprint density at radius 1 is 1.10 bits per heavy atom. The van der Waals surface area contributed by atoms with Gasteiger partial charge in [0.15, 0.2) is 6.61 Å². The first-order chi connectivity index (χ1) is 14.2. The zero-order valence-corrected chi connectivity index (χ0v) is 17.8. The number of aromatic nitrogens is 1. The smallest absolute Gasteiger partial charge is 0.262 e. The second kappa shape index (κ2) is 10.4. The van der Waals surface area contributed by atoms with E-state index >= 15 is 0 Å². The summed E-state index contributed by atoms with van der Waals surface area (Å²) in [6, 6.07) is 17.6. The lowest BCUT2D eigenvalue weighted by Gasteiger charge is -2.26. The molecule has 0 radical (unpaired) electrons. The Labute approximate surface area is 182 Å². The maximum atomic E-state index is 12.4. The van der Waals surface area contributed by atoms with E-state index in [-0.39, 0.29) is 24.9 Å². The van der Waals surface area contributed by atoms with Crippen LogP contribution in [0, 0.1) is 6.92 Å². The number of pyridine rings is 1. The molecule has 4 rings (SSSR count). The van der Waals surface area contributed by atoms with E-state index in [1.54, 1.807) is 0 Å². The molecule has 7 heteroatoms. The molecule has 2 aromatic carbocycles. The van der Waals surface area contributed by atoms with E-state index < -0.39 is 0 Å². The molecule has 1 N–H and O–H groups in total. The summed E-state index contributed by atoms with van der Waals surface area (Å²) in [6.07, 6.45) is 0. The zero-order chi connectivity index (χ0) is 20.1. The Morgan fingerprint density at radius 3 is 2.63 bits per heavy atom. The lowest BCUT2D eigenvalue weighted by molar-refractivity contribution is -0.118. The van der Waals surface area contributed by atoms with Crippen molar-refractivity contribution in [2.45, 2.75) is 13.5 Å². The highest BCUT2D eigenvalue weighted by Crippen LogP contribution is 2.22. The van der Waals surface area contributed by atoms with Gasteiger partial charge in [-0.25, -0.2) is 0 Å². The summed E-state index contributed by atoms with van der Waals surface area (Å²) in [5.74, 6) is 0.468. The number of morpholine rings is 1. The number of hydrogen-bond acceptors (Lipinski definition) is 5. The van der Waals surface area contributed by atoms with Crippen LogP contribution in [-0.4, -0.2) is 48.7 Å². The Balaban J connectivity index is 0.00000256. The van der Waals surface area contributed by atoms with Gasteiger partial charge in [-0.1, -0.05) is 30.3 Å². The van der Waals surface area contributed by atoms with E-state index in [2.05, 4.69) is 15.2 Å². The SMILES string of the molecule is Cc1ccc2cccc(NC(=O)COc3ccc(CN4CCOCC4)cc3)c2n1.Cl. The van der Waals surface area contributed by atoms with Gasteiger partial charge in [0, 0.05) is 30.7 Å². The number of halogens is 1. The molecule has 3 aromatic rings. The Morgan fingerprint density at radius 2 is 1.87 bits per heavy atom. The Bertz CT molecular complexity index is 989. The molecule has 0 atom stereocenters. The quantitative estimate of drug-likeness (QED) is 0.648. The van der Waals surface area contributed by atoms with Crippen LogP contribution < -0.4 is 10.1 Å². The summed E-state index contributed by atoms with van der Waals surface area (Å²) in [5, 5.41) is 3.89. The Kier molecular flexibility index (Phi) is 7.63. The first-order valence-corrected chi connectivity index (χ1v) is 9.85. The summed E-state index contributed by atoms with van der Waals surface area (Å²) < 4.78 is 11.0. The number of nitrogens with zero attached hydrogens (tertiary/aromatic N) is 2. The maximum absolute atomic E-state index is 12.4. The van der Waals surface area contributed by atoms with Gasteiger partial charge in [0.25, 0.3) is 5.91 Å². The number of ether oxygens (including phenoxy) is 2. The number of hydrogen-bond donors (Lipinski definition) is 1. The van der Waals surface area contributed by atoms with Crippen LogP contribution in [0.2, 0.25) is 0 Å². The largest absolute Gasteiger partial charge is 0.484 e. The molecular weight excluding hydrogens is 402 g/mol. The molecule has 30 heavy (non-hydrogen) atoms. The molecule has 158 valence electrons. The van der Waals surface area contributed by atoms with Gasteiger partial charge < -0.3 is 14.8 Å². The van der Waals surface area contributed by atoms with Gasteiger partial charge in [-0.2, -0.15) is 0 Å². The van der Waals surface area contributed by atoms with Crippen molar-refractivity contribution >= 4 is 34.9 Å². The summed E-state index contributed by atoms with van der Waals surface area (Å²) in [6.45, 7) is 6.29. The van der Waals surface area contributed by atoms with E-state index in [9.17, 15) is 4.79 Å². The standard InChI is InChI=1S/C23H25N3O3.ClH/c1-17-5-8-19-3-2-4-21(23(19)24-17)25-22(27)16-29-20-9-6-18(7-10-20)15-26-11-13-28-14-12-26;/h2-10H,11-16H2,1H3,(H,25,27);1H. The summed E-state index contributed by atoms with van der Waals surface area (Å²) in [5.41, 5.74) is 3.61. The number of rotatable bonds is 6. The molecule has 1 saturated heterocycles. The molecule has 1 amide bonds. The summed E-state index contributed by atoms with van der Waals surface area (Å²) in [7, 11) is 0. The van der Waals surface area contributed by atoms with Crippen molar-refractivity contribution in [2.24, 2.45) is 0 Å². The van der Waals surface area contributed by atoms with Gasteiger partial charge in [-0.15, -0.1) is 12.4 Å². The first kappa shape index (κ1) is 22.0. The van der Waals surface area contributed by atoms with Crippen LogP contribution in [0.5, 0.6) is 5.75 Å². The van der Waals surface area contributed by atoms with Gasteiger partial charge in [-0.3, -0.25) is 14.7 Å². The highest BCUT2D eigenvalue weighted by molar-refractivity contribution is 6.00. The number of para-hydroxylation sites is 1. The zero-order valence-electron chi connectivity index (χ0n) is 17.0. The van der Waals surface area contributed by atoms with Crippen LogP contribution in [0.25, 0.3) is 10.9 Å². The monoisotopic (exact) mass is 427 g/mol. The fourth-order valence-corrected chi connectivity index (χ4v) is 3.39. The van der Waals surface area contributed by atoms with Crippen molar-refractivity contribution in [3.63, 3.8) is 0 Å². The van der Waals surface area contributed by atoms with Gasteiger partial charge in [0.05, 0.1) is 24.4 Å². The minimum Gasteiger partial charge on any atom is -0.484 e. The van der Waals surface area contributed by atoms with Crippen molar-refractivity contribution in [1.29, 1.82) is 0 Å². The van der Waals surface area contributed by atoms with E-state index in [0.717, 1.165) is 49.4 Å². The molecule has 6 nitrogen and oxygen atoms in total. The first-order valence-electron chi connectivity index (χ1n) is 9.85. The van der Waals surface area contributed by atoms with Crippen LogP contribution in [0.15, 0.2) is 54.6 Å². The number of carbonyl (C=O) groups excluding carboxylic acids is 1. The van der Waals surface area contributed by atoms with E-state index in [0.29, 0.717) is 11.4 Å². The average Bonchev–Trinajstić information content (AvgIpc) is 2.74. The van der Waals surface area contributed by atoms with Gasteiger partial charge in [0.2, 0.25) is 0 Å². The predicted molar refractivity (Wildman–Crippen MR) is 120 cm³/mol. The molecular formula is C23H26ClN3O3. The number of fused-ring (bicyclic) bond motifs is 1. The van der Waals surface area contributed by atoms with Crippen LogP contribution in [0.3, 0.4) is 0 Å². The average molecular weight is 428 g/mol. The number of nitrogens with one attached hydrogen (secondary N) is 1. The molecule has 1 fully saturated rings. The Hall–Kier alpha value is -2.67. The fraction of sp³-hybridized carbons (Fsp3) is 0.304. The summed E-state index contributed by atoms with van der Waals surface area (Å²) in [4.78, 5) is 19.3. The van der Waals surface area contributed by atoms with E-state index in [1.807, 2.05) is 61.5 Å². The van der Waals surface area contributed by atoms with Gasteiger partial charge in [0.1, 0.15) is 5.75 Å². The third-order valence-electron chi connectivity index (χ3n) is 4.94. The molecule has 0 spiro atoms. The molecule has 0 bridgehead atoms. The molecule has 0 aliphatic carbocycles. The lowest BCUT2D eigenvalue weighted by atomic mass is 10.1. The molecule has 1 aromatic heterocycles. The van der Waals surface area contributed by atoms with E-state index in [1.165, 1.54) is 5.56 Å². The second-order valence-electron chi connectivity index (χ2n) is 7.20.